The minimum Gasteiger partial charge on any atom is -0.315 e. The van der Waals surface area contributed by atoms with Crippen molar-refractivity contribution < 1.29 is 4.79 Å². The smallest absolute Gasteiger partial charge is 0.227 e. The summed E-state index contributed by atoms with van der Waals surface area (Å²) in [6.45, 7) is 0. The molecule has 3 rings (SSSR count). The highest BCUT2D eigenvalue weighted by atomic mass is 16.2. The number of anilines is 1. The van der Waals surface area contributed by atoms with Gasteiger partial charge in [0.2, 0.25) is 5.91 Å². The minimum atomic E-state index is 0.178. The summed E-state index contributed by atoms with van der Waals surface area (Å²) in [5, 5.41) is 0. The van der Waals surface area contributed by atoms with Crippen molar-refractivity contribution in [1.82, 2.24) is 0 Å². The molecule has 2 nitrogen and oxygen atoms in total. The Balaban J connectivity index is 2.27. The first kappa shape index (κ1) is 11.0. The molecule has 0 aromatic heterocycles. The van der Waals surface area contributed by atoms with Gasteiger partial charge in [-0.05, 0) is 23.6 Å². The predicted octanol–water partition coefficient (Wildman–Crippen LogP) is 3.26. The summed E-state index contributed by atoms with van der Waals surface area (Å²) in [4.78, 5) is 13.8. The molecular formula is C16H15NO. The lowest BCUT2D eigenvalue weighted by Gasteiger charge is -2.24. The van der Waals surface area contributed by atoms with Gasteiger partial charge in [0.15, 0.2) is 0 Å². The van der Waals surface area contributed by atoms with Gasteiger partial charge in [-0.1, -0.05) is 42.5 Å². The number of hydrogen-bond acceptors (Lipinski definition) is 1. The summed E-state index contributed by atoms with van der Waals surface area (Å²) in [7, 11) is 1.86. The molecule has 2 aromatic rings. The molecule has 0 spiro atoms. The highest BCUT2D eigenvalue weighted by Gasteiger charge is 2.19. The topological polar surface area (TPSA) is 20.3 Å². The molecule has 0 N–H and O–H groups in total. The number of para-hydroxylation sites is 1. The fraction of sp³-hybridized carbons (Fsp3) is 0.188. The van der Waals surface area contributed by atoms with Crippen molar-refractivity contribution in [3.63, 3.8) is 0 Å². The van der Waals surface area contributed by atoms with Crippen LogP contribution >= 0.6 is 0 Å². The Labute approximate surface area is 107 Å². The zero-order valence-corrected chi connectivity index (χ0v) is 10.4. The van der Waals surface area contributed by atoms with Crippen molar-refractivity contribution in [2.24, 2.45) is 0 Å². The Bertz CT molecular complexity index is 604. The number of hydrogen-bond donors (Lipinski definition) is 0. The fourth-order valence-corrected chi connectivity index (χ4v) is 2.54. The van der Waals surface area contributed by atoms with Crippen LogP contribution in [0.3, 0.4) is 0 Å². The average Bonchev–Trinajstić information content (AvgIpc) is 2.43. The van der Waals surface area contributed by atoms with Crippen LogP contribution in [0, 0.1) is 0 Å². The second-order valence-corrected chi connectivity index (χ2v) is 4.63. The van der Waals surface area contributed by atoms with Gasteiger partial charge in [0, 0.05) is 19.0 Å². The molecule has 1 heterocycles. The lowest BCUT2D eigenvalue weighted by molar-refractivity contribution is -0.118. The van der Waals surface area contributed by atoms with E-state index in [1.54, 1.807) is 4.90 Å². The van der Waals surface area contributed by atoms with E-state index in [1.807, 2.05) is 31.3 Å². The summed E-state index contributed by atoms with van der Waals surface area (Å²) in [5.74, 6) is 0.178. The first-order valence-corrected chi connectivity index (χ1v) is 6.21. The van der Waals surface area contributed by atoms with Crippen LogP contribution in [0.4, 0.5) is 5.69 Å². The normalized spacial score (nSPS) is 14.5. The summed E-state index contributed by atoms with van der Waals surface area (Å²) < 4.78 is 0. The van der Waals surface area contributed by atoms with E-state index in [9.17, 15) is 4.79 Å². The van der Waals surface area contributed by atoms with Crippen LogP contribution in [0.25, 0.3) is 11.1 Å². The minimum absolute atomic E-state index is 0.178. The van der Waals surface area contributed by atoms with Gasteiger partial charge in [0.1, 0.15) is 0 Å². The fourth-order valence-electron chi connectivity index (χ4n) is 2.54. The van der Waals surface area contributed by atoms with Gasteiger partial charge in [-0.2, -0.15) is 0 Å². The molecule has 0 unspecified atom stereocenters. The highest BCUT2D eigenvalue weighted by molar-refractivity contribution is 5.98. The Hall–Kier alpha value is -2.09. The van der Waals surface area contributed by atoms with E-state index in [4.69, 9.17) is 0 Å². The molecule has 1 amide bonds. The third-order valence-electron chi connectivity index (χ3n) is 3.56. The molecule has 90 valence electrons. The zero-order valence-electron chi connectivity index (χ0n) is 10.4. The summed E-state index contributed by atoms with van der Waals surface area (Å²) in [5.41, 5.74) is 4.64. The molecule has 0 saturated heterocycles. The first-order chi connectivity index (χ1) is 8.77. The van der Waals surface area contributed by atoms with E-state index >= 15 is 0 Å². The van der Waals surface area contributed by atoms with E-state index in [-0.39, 0.29) is 5.91 Å². The van der Waals surface area contributed by atoms with Crippen LogP contribution in [0.2, 0.25) is 0 Å². The van der Waals surface area contributed by atoms with Gasteiger partial charge in [-0.3, -0.25) is 4.79 Å². The van der Waals surface area contributed by atoms with Gasteiger partial charge in [-0.25, -0.2) is 0 Å². The number of aryl methyl sites for hydroxylation is 1. The van der Waals surface area contributed by atoms with Crippen molar-refractivity contribution in [3.8, 4) is 11.1 Å². The van der Waals surface area contributed by atoms with Crippen molar-refractivity contribution in [1.29, 1.82) is 0 Å². The molecule has 1 aliphatic rings. The molecule has 18 heavy (non-hydrogen) atoms. The Morgan fingerprint density at radius 2 is 1.56 bits per heavy atom. The van der Waals surface area contributed by atoms with Gasteiger partial charge in [-0.15, -0.1) is 0 Å². The number of benzene rings is 2. The van der Waals surface area contributed by atoms with Crippen LogP contribution < -0.4 is 4.90 Å². The van der Waals surface area contributed by atoms with Crippen LogP contribution in [0.1, 0.15) is 12.0 Å². The third kappa shape index (κ3) is 1.70. The standard InChI is InChI=1S/C16H15NO/c1-17-15-9-5-4-8-14(15)13-7-3-2-6-12(13)10-11-16(17)18/h2-9H,10-11H2,1H3. The van der Waals surface area contributed by atoms with Crippen molar-refractivity contribution >= 4 is 11.6 Å². The average molecular weight is 237 g/mol. The lowest BCUT2D eigenvalue weighted by Crippen LogP contribution is -2.28. The van der Waals surface area contributed by atoms with Crippen LogP contribution in [-0.4, -0.2) is 13.0 Å². The predicted molar refractivity (Wildman–Crippen MR) is 73.6 cm³/mol. The number of carbonyl (C=O) groups is 1. The van der Waals surface area contributed by atoms with Crippen molar-refractivity contribution in [2.45, 2.75) is 12.8 Å². The monoisotopic (exact) mass is 237 g/mol. The van der Waals surface area contributed by atoms with E-state index < -0.39 is 0 Å². The molecule has 2 aromatic carbocycles. The van der Waals surface area contributed by atoms with Crippen LogP contribution in [0.5, 0.6) is 0 Å². The zero-order chi connectivity index (χ0) is 12.5. The van der Waals surface area contributed by atoms with Crippen molar-refractivity contribution in [3.05, 3.63) is 54.1 Å². The number of carbonyl (C=O) groups excluding carboxylic acids is 1. The Kier molecular flexibility index (Phi) is 2.63. The maximum Gasteiger partial charge on any atom is 0.227 e. The van der Waals surface area contributed by atoms with Crippen LogP contribution in [-0.2, 0) is 11.2 Å². The largest absolute Gasteiger partial charge is 0.315 e. The summed E-state index contributed by atoms with van der Waals surface area (Å²) >= 11 is 0. The van der Waals surface area contributed by atoms with E-state index in [0.717, 1.165) is 17.7 Å². The van der Waals surface area contributed by atoms with Crippen molar-refractivity contribution in [2.75, 3.05) is 11.9 Å². The van der Waals surface area contributed by atoms with Gasteiger partial charge < -0.3 is 4.90 Å². The molecule has 0 fully saturated rings. The maximum absolute atomic E-state index is 12.1. The van der Waals surface area contributed by atoms with Gasteiger partial charge in [0.25, 0.3) is 0 Å². The Morgan fingerprint density at radius 3 is 2.39 bits per heavy atom. The second-order valence-electron chi connectivity index (χ2n) is 4.63. The quantitative estimate of drug-likeness (QED) is 0.688. The number of rotatable bonds is 0. The molecule has 0 radical (unpaired) electrons. The molecule has 1 aliphatic heterocycles. The number of nitrogens with zero attached hydrogens (tertiary/aromatic N) is 1. The third-order valence-corrected chi connectivity index (χ3v) is 3.56. The lowest BCUT2D eigenvalue weighted by atomic mass is 9.93. The second kappa shape index (κ2) is 4.30. The molecule has 0 aliphatic carbocycles. The van der Waals surface area contributed by atoms with E-state index in [1.165, 1.54) is 11.1 Å². The molecule has 0 saturated carbocycles. The summed E-state index contributed by atoms with van der Waals surface area (Å²) in [6.07, 6.45) is 1.38. The molecule has 0 atom stereocenters. The first-order valence-electron chi connectivity index (χ1n) is 6.21. The highest BCUT2D eigenvalue weighted by Crippen LogP contribution is 2.35. The van der Waals surface area contributed by atoms with Gasteiger partial charge in [0.05, 0.1) is 5.69 Å². The van der Waals surface area contributed by atoms with Gasteiger partial charge >= 0.3 is 0 Å². The maximum atomic E-state index is 12.1. The Morgan fingerprint density at radius 1 is 0.889 bits per heavy atom. The summed E-state index contributed by atoms with van der Waals surface area (Å²) in [6, 6.07) is 16.4. The number of fused-ring (bicyclic) bond motifs is 3. The molecule has 2 heteroatoms. The number of amides is 1. The van der Waals surface area contributed by atoms with E-state index in [0.29, 0.717) is 6.42 Å². The SMILES string of the molecule is CN1C(=O)CCc2ccccc2-c2ccccc21. The molecule has 0 bridgehead atoms. The van der Waals surface area contributed by atoms with E-state index in [2.05, 4.69) is 24.3 Å². The van der Waals surface area contributed by atoms with Crippen LogP contribution in [0.15, 0.2) is 48.5 Å². The molecular weight excluding hydrogens is 222 g/mol.